The van der Waals surface area contributed by atoms with Crippen LogP contribution in [0.1, 0.15) is 10.6 Å². The number of amides is 1. The van der Waals surface area contributed by atoms with E-state index < -0.39 is 6.09 Å². The minimum absolute atomic E-state index is 0.254. The zero-order valence-electron chi connectivity index (χ0n) is 12.3. The summed E-state index contributed by atoms with van der Waals surface area (Å²) in [7, 11) is 0. The van der Waals surface area contributed by atoms with Crippen LogP contribution in [-0.4, -0.2) is 22.8 Å². The van der Waals surface area contributed by atoms with Crippen LogP contribution < -0.4 is 10.0 Å². The molecule has 7 heteroatoms. The number of pyridine rings is 1. The summed E-state index contributed by atoms with van der Waals surface area (Å²) in [6.07, 6.45) is 3.29. The van der Waals surface area contributed by atoms with Crippen molar-refractivity contribution in [1.82, 2.24) is 10.3 Å². The Morgan fingerprint density at radius 3 is 2.96 bits per heavy atom. The standard InChI is InChI=1S/C16H15N3O3S/c20-16(22-11-12-4-2-1-3-5-12)17-8-6-15-18-13-10-19(21)9-7-14(13)23-15/h1-5,7,9-10H,6,8,11H2,(H-,17,20,21)/p+1. The van der Waals surface area contributed by atoms with Crippen LogP contribution >= 0.6 is 11.3 Å². The first-order valence-electron chi connectivity index (χ1n) is 7.15. The Morgan fingerprint density at radius 2 is 2.13 bits per heavy atom. The molecule has 2 N–H and O–H groups in total. The molecule has 23 heavy (non-hydrogen) atoms. The molecule has 0 saturated carbocycles. The van der Waals surface area contributed by atoms with Gasteiger partial charge in [0.05, 0.1) is 9.71 Å². The molecule has 0 aliphatic rings. The van der Waals surface area contributed by atoms with Gasteiger partial charge in [-0.2, -0.15) is 0 Å². The Labute approximate surface area is 136 Å². The summed E-state index contributed by atoms with van der Waals surface area (Å²) >= 11 is 1.54. The lowest BCUT2D eigenvalue weighted by molar-refractivity contribution is -0.904. The summed E-state index contributed by atoms with van der Waals surface area (Å²) in [4.78, 5) is 16.0. The van der Waals surface area contributed by atoms with Crippen molar-refractivity contribution in [3.63, 3.8) is 0 Å². The molecule has 0 atom stereocenters. The van der Waals surface area contributed by atoms with Crippen LogP contribution in [0.5, 0.6) is 0 Å². The van der Waals surface area contributed by atoms with E-state index in [1.807, 2.05) is 30.3 Å². The number of fused-ring (bicyclic) bond motifs is 1. The predicted octanol–water partition coefficient (Wildman–Crippen LogP) is 2.29. The topological polar surface area (TPSA) is 75.3 Å². The van der Waals surface area contributed by atoms with Gasteiger partial charge in [0.25, 0.3) is 0 Å². The van der Waals surface area contributed by atoms with Crippen LogP contribution in [0.2, 0.25) is 0 Å². The van der Waals surface area contributed by atoms with Crippen LogP contribution in [0.4, 0.5) is 4.79 Å². The Kier molecular flexibility index (Phi) is 4.68. The number of nitrogens with one attached hydrogen (secondary N) is 1. The Hall–Kier alpha value is -2.67. The second kappa shape index (κ2) is 7.06. The number of nitrogens with zero attached hydrogens (tertiary/aromatic N) is 2. The lowest BCUT2D eigenvalue weighted by Crippen LogP contribution is -2.27. The van der Waals surface area contributed by atoms with Crippen LogP contribution in [0.3, 0.4) is 0 Å². The number of hydrogen-bond acceptors (Lipinski definition) is 5. The number of rotatable bonds is 5. The van der Waals surface area contributed by atoms with Crippen molar-refractivity contribution >= 4 is 27.6 Å². The van der Waals surface area contributed by atoms with E-state index in [1.165, 1.54) is 0 Å². The van der Waals surface area contributed by atoms with E-state index in [4.69, 9.17) is 4.74 Å². The predicted molar refractivity (Wildman–Crippen MR) is 85.3 cm³/mol. The average molecular weight is 330 g/mol. The van der Waals surface area contributed by atoms with Gasteiger partial charge in [-0.3, -0.25) is 5.21 Å². The summed E-state index contributed by atoms with van der Waals surface area (Å²) in [5.74, 6) is 0. The number of thiazole rings is 1. The van der Waals surface area contributed by atoms with Crippen molar-refractivity contribution in [2.45, 2.75) is 13.0 Å². The van der Waals surface area contributed by atoms with Crippen molar-refractivity contribution in [2.24, 2.45) is 0 Å². The monoisotopic (exact) mass is 330 g/mol. The van der Waals surface area contributed by atoms with Crippen molar-refractivity contribution in [3.05, 3.63) is 59.4 Å². The third-order valence-corrected chi connectivity index (χ3v) is 4.28. The molecule has 0 unspecified atom stereocenters. The van der Waals surface area contributed by atoms with Crippen LogP contribution in [-0.2, 0) is 17.8 Å². The van der Waals surface area contributed by atoms with E-state index in [-0.39, 0.29) is 6.61 Å². The van der Waals surface area contributed by atoms with E-state index in [2.05, 4.69) is 10.3 Å². The Balaban J connectivity index is 1.45. The van der Waals surface area contributed by atoms with Crippen molar-refractivity contribution < 1.29 is 19.5 Å². The molecule has 6 nitrogen and oxygen atoms in total. The minimum atomic E-state index is -0.442. The molecule has 118 valence electrons. The van der Waals surface area contributed by atoms with Gasteiger partial charge < -0.3 is 10.1 Å². The number of aromatic nitrogens is 2. The lowest BCUT2D eigenvalue weighted by Gasteiger charge is -2.06. The Morgan fingerprint density at radius 1 is 1.30 bits per heavy atom. The number of alkyl carbamates (subject to hydrolysis) is 1. The summed E-state index contributed by atoms with van der Waals surface area (Å²) < 4.78 is 7.11. The highest BCUT2D eigenvalue weighted by molar-refractivity contribution is 7.18. The van der Waals surface area contributed by atoms with Gasteiger partial charge >= 0.3 is 6.09 Å². The smallest absolute Gasteiger partial charge is 0.407 e. The van der Waals surface area contributed by atoms with Gasteiger partial charge in [-0.05, 0) is 5.56 Å². The molecular weight excluding hydrogens is 314 g/mol. The summed E-state index contributed by atoms with van der Waals surface area (Å²) in [6.45, 7) is 0.705. The van der Waals surface area contributed by atoms with Crippen LogP contribution in [0, 0.1) is 0 Å². The van der Waals surface area contributed by atoms with Gasteiger partial charge in [-0.25, -0.2) is 9.78 Å². The molecular formula is C16H16N3O3S+. The van der Waals surface area contributed by atoms with Crippen molar-refractivity contribution in [1.29, 1.82) is 0 Å². The second-order valence-corrected chi connectivity index (χ2v) is 6.04. The molecule has 0 bridgehead atoms. The van der Waals surface area contributed by atoms with Gasteiger partial charge in [-0.15, -0.1) is 11.3 Å². The van der Waals surface area contributed by atoms with E-state index in [1.54, 1.807) is 29.8 Å². The summed E-state index contributed by atoms with van der Waals surface area (Å²) in [5.41, 5.74) is 1.69. The van der Waals surface area contributed by atoms with Gasteiger partial charge in [0, 0.05) is 23.8 Å². The third kappa shape index (κ3) is 4.17. The van der Waals surface area contributed by atoms with Crippen LogP contribution in [0.25, 0.3) is 10.2 Å². The molecule has 1 aromatic carbocycles. The highest BCUT2D eigenvalue weighted by Gasteiger charge is 2.09. The highest BCUT2D eigenvalue weighted by Crippen LogP contribution is 2.20. The minimum Gasteiger partial charge on any atom is -0.445 e. The molecule has 0 radical (unpaired) electrons. The normalized spacial score (nSPS) is 10.6. The van der Waals surface area contributed by atoms with Gasteiger partial charge in [0.15, 0.2) is 5.52 Å². The molecule has 2 heterocycles. The molecule has 0 spiro atoms. The van der Waals surface area contributed by atoms with Crippen LogP contribution in [0.15, 0.2) is 48.8 Å². The van der Waals surface area contributed by atoms with E-state index >= 15 is 0 Å². The zero-order chi connectivity index (χ0) is 16.1. The van der Waals surface area contributed by atoms with Gasteiger partial charge in [0.2, 0.25) is 12.4 Å². The quantitative estimate of drug-likeness (QED) is 0.556. The fraction of sp³-hybridized carbons (Fsp3) is 0.188. The van der Waals surface area contributed by atoms with Crippen molar-refractivity contribution in [3.8, 4) is 0 Å². The molecule has 0 saturated heterocycles. The fourth-order valence-electron chi connectivity index (χ4n) is 2.07. The maximum absolute atomic E-state index is 11.6. The molecule has 3 rings (SSSR count). The second-order valence-electron chi connectivity index (χ2n) is 4.92. The summed E-state index contributed by atoms with van der Waals surface area (Å²) in [6, 6.07) is 11.3. The molecule has 3 aromatic rings. The fourth-order valence-corrected chi connectivity index (χ4v) is 3.00. The molecule has 1 amide bonds. The van der Waals surface area contributed by atoms with E-state index in [0.717, 1.165) is 25.5 Å². The average Bonchev–Trinajstić information content (AvgIpc) is 2.95. The maximum Gasteiger partial charge on any atom is 0.407 e. The third-order valence-electron chi connectivity index (χ3n) is 3.18. The molecule has 0 aliphatic heterocycles. The number of carbonyl (C=O) groups excluding carboxylic acids is 1. The van der Waals surface area contributed by atoms with Gasteiger partial charge in [-0.1, -0.05) is 30.3 Å². The van der Waals surface area contributed by atoms with E-state index in [9.17, 15) is 10.0 Å². The molecule has 0 fully saturated rings. The van der Waals surface area contributed by atoms with Gasteiger partial charge in [0.1, 0.15) is 6.61 Å². The number of benzene rings is 1. The summed E-state index contributed by atoms with van der Waals surface area (Å²) in [5, 5.41) is 13.0. The lowest BCUT2D eigenvalue weighted by atomic mass is 10.2. The number of carbonyl (C=O) groups is 1. The first kappa shape index (κ1) is 15.2. The molecule has 0 aliphatic carbocycles. The Bertz CT molecular complexity index is 805. The SMILES string of the molecule is O=C(NCCc1nc2c[n+](O)ccc2s1)OCc1ccccc1. The van der Waals surface area contributed by atoms with E-state index in [0.29, 0.717) is 13.0 Å². The van der Waals surface area contributed by atoms with Crippen molar-refractivity contribution in [2.75, 3.05) is 6.54 Å². The largest absolute Gasteiger partial charge is 0.445 e. The maximum atomic E-state index is 11.6. The first-order valence-corrected chi connectivity index (χ1v) is 7.97. The zero-order valence-corrected chi connectivity index (χ0v) is 13.1. The highest BCUT2D eigenvalue weighted by atomic mass is 32.1. The molecule has 2 aromatic heterocycles. The number of ether oxygens (including phenoxy) is 1. The first-order chi connectivity index (χ1) is 11.2. The number of hydrogen-bond donors (Lipinski definition) is 2.